The number of nitrogens with one attached hydrogen (secondary N) is 1. The molecule has 0 aliphatic heterocycles. The van der Waals surface area contributed by atoms with Gasteiger partial charge in [0.25, 0.3) is 5.91 Å². The van der Waals surface area contributed by atoms with Crippen molar-refractivity contribution in [2.24, 2.45) is 5.10 Å². The summed E-state index contributed by atoms with van der Waals surface area (Å²) in [6.45, 7) is 2.75. The van der Waals surface area contributed by atoms with Gasteiger partial charge in [0.15, 0.2) is 11.0 Å². The van der Waals surface area contributed by atoms with E-state index in [1.54, 1.807) is 12.3 Å². The third-order valence-corrected chi connectivity index (χ3v) is 4.44. The summed E-state index contributed by atoms with van der Waals surface area (Å²) in [6, 6.07) is 15.3. The van der Waals surface area contributed by atoms with Crippen molar-refractivity contribution in [3.63, 3.8) is 0 Å². The summed E-state index contributed by atoms with van der Waals surface area (Å²) in [5.74, 6) is 0.783. The highest BCUT2D eigenvalue weighted by Crippen LogP contribution is 2.23. The van der Waals surface area contributed by atoms with Gasteiger partial charge in [-0.05, 0) is 19.1 Å². The second-order valence-corrected chi connectivity index (χ2v) is 6.20. The molecule has 3 aromatic rings. The third kappa shape index (κ3) is 4.54. The summed E-state index contributed by atoms with van der Waals surface area (Å²) < 4.78 is 1.99. The molecule has 0 bridgehead atoms. The third-order valence-electron chi connectivity index (χ3n) is 3.47. The maximum Gasteiger partial charge on any atom is 0.250 e. The average Bonchev–Trinajstić information content (AvgIpc) is 3.11. The van der Waals surface area contributed by atoms with E-state index in [9.17, 15) is 4.79 Å². The Morgan fingerprint density at radius 3 is 2.73 bits per heavy atom. The molecule has 2 aromatic heterocycles. The number of pyridine rings is 1. The highest BCUT2D eigenvalue weighted by Gasteiger charge is 2.14. The molecule has 0 aliphatic rings. The number of hydrazone groups is 1. The molecule has 8 heteroatoms. The fourth-order valence-corrected chi connectivity index (χ4v) is 3.06. The van der Waals surface area contributed by atoms with Crippen LogP contribution in [0.4, 0.5) is 0 Å². The lowest BCUT2D eigenvalue weighted by Crippen LogP contribution is -2.20. The number of benzene rings is 1. The van der Waals surface area contributed by atoms with Crippen LogP contribution in [0.5, 0.6) is 0 Å². The lowest BCUT2D eigenvalue weighted by molar-refractivity contribution is -0.118. The minimum absolute atomic E-state index is 0.201. The van der Waals surface area contributed by atoms with Crippen LogP contribution in [-0.4, -0.2) is 37.6 Å². The molecule has 0 saturated carbocycles. The van der Waals surface area contributed by atoms with Crippen molar-refractivity contribution in [2.45, 2.75) is 18.6 Å². The summed E-state index contributed by atoms with van der Waals surface area (Å²) in [7, 11) is 0. The van der Waals surface area contributed by atoms with Crippen molar-refractivity contribution in [1.82, 2.24) is 25.2 Å². The molecule has 0 radical (unpaired) electrons. The van der Waals surface area contributed by atoms with Crippen LogP contribution in [0, 0.1) is 0 Å². The van der Waals surface area contributed by atoms with Gasteiger partial charge in [-0.2, -0.15) is 5.10 Å². The normalized spacial score (nSPS) is 11.0. The Balaban J connectivity index is 1.58. The molecular formula is C18H18N6OS. The molecule has 0 aliphatic carbocycles. The zero-order valence-electron chi connectivity index (χ0n) is 14.2. The lowest BCUT2D eigenvalue weighted by atomic mass is 10.2. The number of rotatable bonds is 7. The zero-order chi connectivity index (χ0) is 18.2. The van der Waals surface area contributed by atoms with Crippen LogP contribution in [0.2, 0.25) is 0 Å². The topological polar surface area (TPSA) is 85.1 Å². The standard InChI is InChI=1S/C18H18N6OS/c1-2-24-17(14-8-4-3-5-9-14)22-23-18(24)26-13-16(25)21-20-12-15-10-6-7-11-19-15/h3-12H,2,13H2,1H3,(H,21,25). The van der Waals surface area contributed by atoms with Gasteiger partial charge in [0.05, 0.1) is 17.7 Å². The summed E-state index contributed by atoms with van der Waals surface area (Å²) in [5, 5.41) is 13.1. The van der Waals surface area contributed by atoms with Gasteiger partial charge in [-0.1, -0.05) is 48.2 Å². The first-order chi connectivity index (χ1) is 12.8. The second kappa shape index (κ2) is 8.91. The van der Waals surface area contributed by atoms with E-state index in [4.69, 9.17) is 0 Å². The Morgan fingerprint density at radius 2 is 2.00 bits per heavy atom. The molecule has 1 aromatic carbocycles. The van der Waals surface area contributed by atoms with Crippen LogP contribution in [0.25, 0.3) is 11.4 Å². The van der Waals surface area contributed by atoms with E-state index in [1.807, 2.05) is 54.0 Å². The number of aromatic nitrogens is 4. The van der Waals surface area contributed by atoms with Crippen molar-refractivity contribution in [3.8, 4) is 11.4 Å². The SMILES string of the molecule is CCn1c(SCC(=O)NN=Cc2ccccn2)nnc1-c1ccccc1. The predicted octanol–water partition coefficient (Wildman–Crippen LogP) is 2.60. The smallest absolute Gasteiger partial charge is 0.250 e. The molecular weight excluding hydrogens is 348 g/mol. The molecule has 0 spiro atoms. The number of nitrogens with zero attached hydrogens (tertiary/aromatic N) is 5. The molecule has 132 valence electrons. The average molecular weight is 366 g/mol. The van der Waals surface area contributed by atoms with Crippen LogP contribution in [0.1, 0.15) is 12.6 Å². The fourth-order valence-electron chi connectivity index (χ4n) is 2.27. The predicted molar refractivity (Wildman–Crippen MR) is 102 cm³/mol. The van der Waals surface area contributed by atoms with Crippen LogP contribution in [0.15, 0.2) is 65.0 Å². The minimum Gasteiger partial charge on any atom is -0.302 e. The Labute approximate surface area is 155 Å². The highest BCUT2D eigenvalue weighted by molar-refractivity contribution is 7.99. The van der Waals surface area contributed by atoms with Crippen LogP contribution in [-0.2, 0) is 11.3 Å². The molecule has 2 heterocycles. The summed E-state index contributed by atoms with van der Waals surface area (Å²) in [6.07, 6.45) is 3.17. The largest absolute Gasteiger partial charge is 0.302 e. The number of hydrogen-bond acceptors (Lipinski definition) is 6. The summed E-state index contributed by atoms with van der Waals surface area (Å²) in [5.41, 5.74) is 4.17. The minimum atomic E-state index is -0.214. The van der Waals surface area contributed by atoms with Crippen molar-refractivity contribution in [3.05, 3.63) is 60.4 Å². The van der Waals surface area contributed by atoms with Gasteiger partial charge in [0, 0.05) is 18.3 Å². The first-order valence-corrected chi connectivity index (χ1v) is 9.11. The van der Waals surface area contributed by atoms with Gasteiger partial charge in [0.2, 0.25) is 0 Å². The van der Waals surface area contributed by atoms with Gasteiger partial charge in [-0.25, -0.2) is 5.43 Å². The number of carbonyl (C=O) groups excluding carboxylic acids is 1. The Hall–Kier alpha value is -3.00. The lowest BCUT2D eigenvalue weighted by Gasteiger charge is -2.06. The number of carbonyl (C=O) groups is 1. The van der Waals surface area contributed by atoms with Crippen molar-refractivity contribution >= 4 is 23.9 Å². The fraction of sp³-hybridized carbons (Fsp3) is 0.167. The summed E-state index contributed by atoms with van der Waals surface area (Å²) in [4.78, 5) is 16.1. The molecule has 26 heavy (non-hydrogen) atoms. The molecule has 0 fully saturated rings. The van der Waals surface area contributed by atoms with Crippen molar-refractivity contribution in [1.29, 1.82) is 0 Å². The Bertz CT molecular complexity index is 879. The molecule has 0 saturated heterocycles. The maximum absolute atomic E-state index is 12.0. The first kappa shape index (κ1) is 17.8. The van der Waals surface area contributed by atoms with E-state index in [-0.39, 0.29) is 11.7 Å². The Kier molecular flexibility index (Phi) is 6.10. The number of hydrogen-bond donors (Lipinski definition) is 1. The quantitative estimate of drug-likeness (QED) is 0.395. The molecule has 1 amide bonds. The number of thioether (sulfide) groups is 1. The van der Waals surface area contributed by atoms with Gasteiger partial charge < -0.3 is 4.57 Å². The van der Waals surface area contributed by atoms with Gasteiger partial charge >= 0.3 is 0 Å². The second-order valence-electron chi connectivity index (χ2n) is 5.25. The Morgan fingerprint density at radius 1 is 1.19 bits per heavy atom. The zero-order valence-corrected chi connectivity index (χ0v) is 15.1. The van der Waals surface area contributed by atoms with E-state index >= 15 is 0 Å². The van der Waals surface area contributed by atoms with Gasteiger partial charge in [-0.15, -0.1) is 10.2 Å². The molecule has 7 nitrogen and oxygen atoms in total. The molecule has 0 unspecified atom stereocenters. The van der Waals surface area contributed by atoms with Crippen LogP contribution >= 0.6 is 11.8 Å². The van der Waals surface area contributed by atoms with Crippen LogP contribution in [0.3, 0.4) is 0 Å². The molecule has 1 N–H and O–H groups in total. The van der Waals surface area contributed by atoms with E-state index in [0.29, 0.717) is 10.9 Å². The van der Waals surface area contributed by atoms with E-state index < -0.39 is 0 Å². The first-order valence-electron chi connectivity index (χ1n) is 8.12. The molecule has 0 atom stereocenters. The van der Waals surface area contributed by atoms with Crippen molar-refractivity contribution in [2.75, 3.05) is 5.75 Å². The van der Waals surface area contributed by atoms with Gasteiger partial charge in [-0.3, -0.25) is 9.78 Å². The van der Waals surface area contributed by atoms with E-state index in [0.717, 1.165) is 17.9 Å². The van der Waals surface area contributed by atoms with Gasteiger partial charge in [0.1, 0.15) is 0 Å². The van der Waals surface area contributed by atoms with E-state index in [2.05, 4.69) is 25.7 Å². The summed E-state index contributed by atoms with van der Waals surface area (Å²) >= 11 is 1.33. The highest BCUT2D eigenvalue weighted by atomic mass is 32.2. The molecule has 3 rings (SSSR count). The number of amides is 1. The van der Waals surface area contributed by atoms with E-state index in [1.165, 1.54) is 18.0 Å². The maximum atomic E-state index is 12.0. The van der Waals surface area contributed by atoms with Crippen molar-refractivity contribution < 1.29 is 4.79 Å². The monoisotopic (exact) mass is 366 g/mol. The van der Waals surface area contributed by atoms with Crippen LogP contribution < -0.4 is 5.43 Å².